The molecule has 0 spiro atoms. The molecule has 1 heterocycles. The normalized spacial score (nSPS) is 20.6. The van der Waals surface area contributed by atoms with Crippen LogP contribution in [0.4, 0.5) is 0 Å². The van der Waals surface area contributed by atoms with E-state index in [0.717, 1.165) is 60.7 Å². The van der Waals surface area contributed by atoms with Crippen molar-refractivity contribution in [2.24, 2.45) is 4.99 Å². The molecule has 3 rings (SSSR count). The van der Waals surface area contributed by atoms with E-state index in [4.69, 9.17) is 9.47 Å². The molecule has 0 N–H and O–H groups in total. The van der Waals surface area contributed by atoms with E-state index in [1.165, 1.54) is 0 Å². The molecular formula is C17H21NO3S. The van der Waals surface area contributed by atoms with Crippen molar-refractivity contribution >= 4 is 17.8 Å². The van der Waals surface area contributed by atoms with Gasteiger partial charge >= 0.3 is 0 Å². The Morgan fingerprint density at radius 3 is 2.64 bits per heavy atom. The Hall–Kier alpha value is -1.45. The third-order valence-corrected chi connectivity index (χ3v) is 5.65. The van der Waals surface area contributed by atoms with Crippen LogP contribution in [-0.4, -0.2) is 30.8 Å². The number of methoxy groups -OCH3 is 1. The van der Waals surface area contributed by atoms with Gasteiger partial charge < -0.3 is 9.47 Å². The first kappa shape index (κ1) is 15.4. The third kappa shape index (κ3) is 3.01. The fraction of sp³-hybridized carbons (Fsp3) is 0.588. The van der Waals surface area contributed by atoms with Crippen molar-refractivity contribution in [1.82, 2.24) is 0 Å². The molecule has 4 nitrogen and oxygen atoms in total. The molecule has 2 aliphatic rings. The fourth-order valence-electron chi connectivity index (χ4n) is 3.09. The van der Waals surface area contributed by atoms with Crippen LogP contribution in [0.1, 0.15) is 37.7 Å². The lowest BCUT2D eigenvalue weighted by atomic mass is 9.72. The molecule has 5 heteroatoms. The maximum atomic E-state index is 10.7. The van der Waals surface area contributed by atoms with Crippen LogP contribution >= 0.6 is 11.8 Å². The SMILES string of the molecule is COc1cc(C2(N=C=O)CCC2)ccc1OC1CCSCC1. The molecule has 1 aromatic rings. The quantitative estimate of drug-likeness (QED) is 0.613. The molecule has 118 valence electrons. The standard InChI is InChI=1S/C17H21NO3S/c1-20-16-11-13(17(18-12-19)7-2-8-17)3-4-15(16)21-14-5-9-22-10-6-14/h3-4,11,14H,2,5-10H2,1H3. The topological polar surface area (TPSA) is 47.9 Å². The number of hydrogen-bond donors (Lipinski definition) is 0. The van der Waals surface area contributed by atoms with E-state index >= 15 is 0 Å². The van der Waals surface area contributed by atoms with Gasteiger partial charge in [-0.3, -0.25) is 0 Å². The molecule has 0 amide bonds. The molecule has 0 bridgehead atoms. The summed E-state index contributed by atoms with van der Waals surface area (Å²) in [4.78, 5) is 14.8. The minimum Gasteiger partial charge on any atom is -0.493 e. The third-order valence-electron chi connectivity index (χ3n) is 4.60. The second-order valence-corrected chi connectivity index (χ2v) is 7.11. The summed E-state index contributed by atoms with van der Waals surface area (Å²) in [5, 5.41) is 0. The highest BCUT2D eigenvalue weighted by atomic mass is 32.2. The molecular weight excluding hydrogens is 298 g/mol. The predicted molar refractivity (Wildman–Crippen MR) is 87.6 cm³/mol. The van der Waals surface area contributed by atoms with Gasteiger partial charge in [0, 0.05) is 0 Å². The van der Waals surface area contributed by atoms with Crippen LogP contribution in [0.25, 0.3) is 0 Å². The smallest absolute Gasteiger partial charge is 0.235 e. The number of aliphatic imine (C=N–C) groups is 1. The second kappa shape index (κ2) is 6.76. The monoisotopic (exact) mass is 319 g/mol. The summed E-state index contributed by atoms with van der Waals surface area (Å²) in [6, 6.07) is 5.93. The average Bonchev–Trinajstić information content (AvgIpc) is 2.52. The number of thioether (sulfide) groups is 1. The predicted octanol–water partition coefficient (Wildman–Crippen LogP) is 3.68. The van der Waals surface area contributed by atoms with Gasteiger partial charge in [-0.2, -0.15) is 16.8 Å². The van der Waals surface area contributed by atoms with Crippen LogP contribution in [0.5, 0.6) is 11.5 Å². The van der Waals surface area contributed by atoms with Crippen molar-refractivity contribution in [3.8, 4) is 11.5 Å². The summed E-state index contributed by atoms with van der Waals surface area (Å²) >= 11 is 1.98. The summed E-state index contributed by atoms with van der Waals surface area (Å²) in [6.07, 6.45) is 7.03. The summed E-state index contributed by atoms with van der Waals surface area (Å²) in [5.41, 5.74) is 0.625. The highest BCUT2D eigenvalue weighted by Crippen LogP contribution is 2.46. The van der Waals surface area contributed by atoms with Crippen LogP contribution in [-0.2, 0) is 10.3 Å². The highest BCUT2D eigenvalue weighted by molar-refractivity contribution is 7.99. The number of ether oxygens (including phenoxy) is 2. The number of rotatable bonds is 5. The van der Waals surface area contributed by atoms with E-state index in [0.29, 0.717) is 0 Å². The Morgan fingerprint density at radius 2 is 2.05 bits per heavy atom. The Bertz CT molecular complexity index is 573. The summed E-state index contributed by atoms with van der Waals surface area (Å²) < 4.78 is 11.6. The molecule has 0 unspecified atom stereocenters. The van der Waals surface area contributed by atoms with E-state index in [2.05, 4.69) is 4.99 Å². The molecule has 22 heavy (non-hydrogen) atoms. The van der Waals surface area contributed by atoms with Gasteiger partial charge in [-0.25, -0.2) is 4.79 Å². The summed E-state index contributed by atoms with van der Waals surface area (Å²) in [7, 11) is 1.65. The van der Waals surface area contributed by atoms with E-state index in [9.17, 15) is 4.79 Å². The lowest BCUT2D eigenvalue weighted by Gasteiger charge is -2.37. The second-order valence-electron chi connectivity index (χ2n) is 5.88. The Labute approximate surface area is 135 Å². The van der Waals surface area contributed by atoms with Gasteiger partial charge in [0.2, 0.25) is 6.08 Å². The van der Waals surface area contributed by atoms with E-state index in [-0.39, 0.29) is 6.10 Å². The van der Waals surface area contributed by atoms with Gasteiger partial charge in [-0.15, -0.1) is 0 Å². The molecule has 1 aliphatic heterocycles. The zero-order valence-electron chi connectivity index (χ0n) is 12.8. The van der Waals surface area contributed by atoms with Gasteiger partial charge in [-0.1, -0.05) is 6.07 Å². The van der Waals surface area contributed by atoms with E-state index < -0.39 is 5.54 Å². The van der Waals surface area contributed by atoms with Crippen LogP contribution in [0.2, 0.25) is 0 Å². The van der Waals surface area contributed by atoms with Crippen molar-refractivity contribution in [2.45, 2.75) is 43.7 Å². The van der Waals surface area contributed by atoms with Crippen molar-refractivity contribution in [3.63, 3.8) is 0 Å². The number of isocyanates is 1. The average molecular weight is 319 g/mol. The fourth-order valence-corrected chi connectivity index (χ4v) is 4.16. The van der Waals surface area contributed by atoms with Gasteiger partial charge in [0.1, 0.15) is 6.10 Å². The minimum absolute atomic E-state index is 0.270. The largest absolute Gasteiger partial charge is 0.493 e. The first-order valence-electron chi connectivity index (χ1n) is 7.79. The number of hydrogen-bond acceptors (Lipinski definition) is 5. The summed E-state index contributed by atoms with van der Waals surface area (Å²) in [5.74, 6) is 3.82. The molecule has 0 aromatic heterocycles. The van der Waals surface area contributed by atoms with E-state index in [1.807, 2.05) is 30.0 Å². The Kier molecular flexibility index (Phi) is 4.74. The molecule has 1 saturated heterocycles. The zero-order chi connectivity index (χ0) is 15.4. The first-order chi connectivity index (χ1) is 10.8. The summed E-state index contributed by atoms with van der Waals surface area (Å²) in [6.45, 7) is 0. The maximum Gasteiger partial charge on any atom is 0.235 e. The van der Waals surface area contributed by atoms with Crippen LogP contribution in [0, 0.1) is 0 Å². The Morgan fingerprint density at radius 1 is 1.27 bits per heavy atom. The number of nitrogens with zero attached hydrogens (tertiary/aromatic N) is 1. The van der Waals surface area contributed by atoms with Gasteiger partial charge in [0.25, 0.3) is 0 Å². The molecule has 0 radical (unpaired) electrons. The van der Waals surface area contributed by atoms with E-state index in [1.54, 1.807) is 13.2 Å². The highest BCUT2D eigenvalue weighted by Gasteiger charge is 2.39. The van der Waals surface area contributed by atoms with Crippen molar-refractivity contribution in [1.29, 1.82) is 0 Å². The maximum absolute atomic E-state index is 10.7. The molecule has 1 aromatic carbocycles. The van der Waals surface area contributed by atoms with Crippen LogP contribution < -0.4 is 9.47 Å². The van der Waals surface area contributed by atoms with Gasteiger partial charge in [0.15, 0.2) is 11.5 Å². The molecule has 0 atom stereocenters. The van der Waals surface area contributed by atoms with Crippen molar-refractivity contribution < 1.29 is 14.3 Å². The van der Waals surface area contributed by atoms with Crippen LogP contribution in [0.15, 0.2) is 23.2 Å². The lowest BCUT2D eigenvalue weighted by Crippen LogP contribution is -2.31. The minimum atomic E-state index is -0.394. The van der Waals surface area contributed by atoms with Crippen molar-refractivity contribution in [2.75, 3.05) is 18.6 Å². The van der Waals surface area contributed by atoms with Crippen molar-refractivity contribution in [3.05, 3.63) is 23.8 Å². The molecule has 2 fully saturated rings. The lowest BCUT2D eigenvalue weighted by molar-refractivity contribution is 0.184. The van der Waals surface area contributed by atoms with Gasteiger partial charge in [-0.05, 0) is 61.3 Å². The number of carbonyl (C=O) groups excluding carboxylic acids is 1. The molecule has 1 aliphatic carbocycles. The first-order valence-corrected chi connectivity index (χ1v) is 8.95. The Balaban J connectivity index is 1.82. The zero-order valence-corrected chi connectivity index (χ0v) is 13.7. The van der Waals surface area contributed by atoms with Gasteiger partial charge in [0.05, 0.1) is 12.6 Å². The van der Waals surface area contributed by atoms with Crippen LogP contribution in [0.3, 0.4) is 0 Å². The number of benzene rings is 1. The molecule has 1 saturated carbocycles.